The van der Waals surface area contributed by atoms with Gasteiger partial charge in [-0.25, -0.2) is 4.99 Å². The van der Waals surface area contributed by atoms with Crippen LogP contribution in [0.3, 0.4) is 0 Å². The van der Waals surface area contributed by atoms with Gasteiger partial charge in [0.1, 0.15) is 0 Å². The first kappa shape index (κ1) is 11.2. The highest BCUT2D eigenvalue weighted by Crippen LogP contribution is 2.33. The van der Waals surface area contributed by atoms with Crippen LogP contribution in [0.1, 0.15) is 0 Å². The number of para-hydroxylation sites is 2. The molecule has 0 radical (unpaired) electrons. The number of amidine groups is 1. The van der Waals surface area contributed by atoms with Gasteiger partial charge in [0.2, 0.25) is 0 Å². The summed E-state index contributed by atoms with van der Waals surface area (Å²) in [5, 5.41) is 2.88. The lowest BCUT2D eigenvalue weighted by atomic mass is 10.3. The maximum Gasteiger partial charge on any atom is 0.185 e. The smallest absolute Gasteiger partial charge is 0.185 e. The highest BCUT2D eigenvalue weighted by Gasteiger charge is 2.17. The van der Waals surface area contributed by atoms with E-state index in [0.717, 1.165) is 10.9 Å². The summed E-state index contributed by atoms with van der Waals surface area (Å²) < 4.78 is 0. The number of anilines is 1. The summed E-state index contributed by atoms with van der Waals surface area (Å²) >= 11 is 1.65. The largest absolute Gasteiger partial charge is 0.288 e. The van der Waals surface area contributed by atoms with Gasteiger partial charge in [0.25, 0.3) is 0 Å². The Hall–Kier alpha value is -1.94. The molecule has 0 amide bonds. The van der Waals surface area contributed by atoms with Crippen molar-refractivity contribution in [3.63, 3.8) is 0 Å². The average Bonchev–Trinajstić information content (AvgIpc) is 2.40. The van der Waals surface area contributed by atoms with Crippen molar-refractivity contribution in [3.05, 3.63) is 54.6 Å². The summed E-state index contributed by atoms with van der Waals surface area (Å²) in [6, 6.07) is 18.3. The lowest BCUT2D eigenvalue weighted by Gasteiger charge is -2.29. The van der Waals surface area contributed by atoms with Crippen LogP contribution in [0.25, 0.3) is 0 Å². The fraction of sp³-hybridized carbons (Fsp3) is 0.0714. The number of nitrogens with zero attached hydrogens (tertiary/aromatic N) is 2. The zero-order valence-electron chi connectivity index (χ0n) is 10.00. The van der Waals surface area contributed by atoms with E-state index in [1.54, 1.807) is 11.8 Å². The summed E-state index contributed by atoms with van der Waals surface area (Å²) in [4.78, 5) is 5.81. The van der Waals surface area contributed by atoms with Crippen molar-refractivity contribution in [2.24, 2.45) is 4.99 Å². The molecule has 0 atom stereocenters. The molecule has 3 nitrogen and oxygen atoms in total. The summed E-state index contributed by atoms with van der Waals surface area (Å²) in [6.07, 6.45) is 0. The van der Waals surface area contributed by atoms with Crippen LogP contribution in [0.2, 0.25) is 0 Å². The Morgan fingerprint density at radius 3 is 2.56 bits per heavy atom. The van der Waals surface area contributed by atoms with E-state index in [1.165, 1.54) is 10.6 Å². The lowest BCUT2D eigenvalue weighted by Crippen LogP contribution is -2.40. The minimum atomic E-state index is 0.891. The predicted octanol–water partition coefficient (Wildman–Crippen LogP) is 3.42. The topological polar surface area (TPSA) is 27.6 Å². The van der Waals surface area contributed by atoms with Crippen molar-refractivity contribution >= 4 is 28.3 Å². The Labute approximate surface area is 111 Å². The van der Waals surface area contributed by atoms with Gasteiger partial charge < -0.3 is 0 Å². The van der Waals surface area contributed by atoms with Gasteiger partial charge in [-0.2, -0.15) is 0 Å². The molecule has 0 spiro atoms. The van der Waals surface area contributed by atoms with E-state index in [4.69, 9.17) is 0 Å². The second-order valence-corrected chi connectivity index (χ2v) is 5.02. The molecule has 2 aromatic carbocycles. The van der Waals surface area contributed by atoms with Crippen molar-refractivity contribution in [1.82, 2.24) is 5.43 Å². The van der Waals surface area contributed by atoms with Crippen molar-refractivity contribution in [1.29, 1.82) is 0 Å². The normalized spacial score (nSPS) is 16.3. The van der Waals surface area contributed by atoms with E-state index >= 15 is 0 Å². The molecule has 1 N–H and O–H groups in total. The number of hydrogen-bond donors (Lipinski definition) is 1. The Morgan fingerprint density at radius 1 is 1.00 bits per heavy atom. The van der Waals surface area contributed by atoms with Crippen LogP contribution in [0, 0.1) is 0 Å². The molecule has 90 valence electrons. The molecule has 0 saturated carbocycles. The zero-order chi connectivity index (χ0) is 12.4. The van der Waals surface area contributed by atoms with E-state index in [1.807, 2.05) is 54.5 Å². The Morgan fingerprint density at radius 2 is 1.72 bits per heavy atom. The highest BCUT2D eigenvalue weighted by atomic mass is 32.2. The summed E-state index contributed by atoms with van der Waals surface area (Å²) in [5.41, 5.74) is 5.40. The number of hydrazine groups is 1. The summed E-state index contributed by atoms with van der Waals surface area (Å²) in [6.45, 7) is 0. The van der Waals surface area contributed by atoms with Crippen LogP contribution in [0.5, 0.6) is 0 Å². The maximum atomic E-state index is 4.59. The first-order valence-corrected chi connectivity index (χ1v) is 6.55. The molecule has 1 heterocycles. The van der Waals surface area contributed by atoms with E-state index in [2.05, 4.69) is 22.6 Å². The van der Waals surface area contributed by atoms with Crippen LogP contribution in [0.15, 0.2) is 64.5 Å². The molecule has 0 unspecified atom stereocenters. The van der Waals surface area contributed by atoms with E-state index in [-0.39, 0.29) is 0 Å². The Kier molecular flexibility index (Phi) is 2.94. The molecule has 0 saturated heterocycles. The molecule has 18 heavy (non-hydrogen) atoms. The monoisotopic (exact) mass is 255 g/mol. The van der Waals surface area contributed by atoms with Gasteiger partial charge in [0, 0.05) is 11.9 Å². The highest BCUT2D eigenvalue weighted by molar-refractivity contribution is 8.14. The standard InChI is InChI=1S/C14H13N3S/c1-17-12-9-5-6-10-13(12)18-14(16-17)15-11-7-3-2-4-8-11/h2-10H,1H3,(H,15,16). The SMILES string of the molecule is CN1NC(=Nc2ccccc2)Sc2ccccc21. The maximum absolute atomic E-state index is 4.59. The molecule has 0 fully saturated rings. The van der Waals surface area contributed by atoms with Crippen LogP contribution in [-0.4, -0.2) is 12.2 Å². The first-order valence-electron chi connectivity index (χ1n) is 5.74. The molecular weight excluding hydrogens is 242 g/mol. The van der Waals surface area contributed by atoms with Crippen LogP contribution >= 0.6 is 11.8 Å². The Bertz CT molecular complexity index is 581. The number of thioether (sulfide) groups is 1. The third-order valence-electron chi connectivity index (χ3n) is 2.68. The third kappa shape index (κ3) is 2.19. The number of benzene rings is 2. The molecule has 0 aliphatic carbocycles. The molecular formula is C14H13N3S. The third-order valence-corrected chi connectivity index (χ3v) is 3.62. The van der Waals surface area contributed by atoms with Gasteiger partial charge in [-0.05, 0) is 36.0 Å². The average molecular weight is 255 g/mol. The van der Waals surface area contributed by atoms with Crippen LogP contribution < -0.4 is 10.4 Å². The van der Waals surface area contributed by atoms with Gasteiger partial charge in [-0.15, -0.1) is 0 Å². The zero-order valence-corrected chi connectivity index (χ0v) is 10.8. The molecule has 2 aromatic rings. The van der Waals surface area contributed by atoms with E-state index in [9.17, 15) is 0 Å². The van der Waals surface area contributed by atoms with Gasteiger partial charge in [0.05, 0.1) is 11.4 Å². The number of aliphatic imine (C=N–C) groups is 1. The fourth-order valence-corrected chi connectivity index (χ4v) is 2.82. The van der Waals surface area contributed by atoms with Crippen molar-refractivity contribution in [2.75, 3.05) is 12.1 Å². The summed E-state index contributed by atoms with van der Waals surface area (Å²) in [5.74, 6) is 0. The second kappa shape index (κ2) is 4.74. The molecule has 1 aliphatic rings. The van der Waals surface area contributed by atoms with Crippen LogP contribution in [-0.2, 0) is 0 Å². The van der Waals surface area contributed by atoms with E-state index < -0.39 is 0 Å². The quantitative estimate of drug-likeness (QED) is 0.846. The number of rotatable bonds is 1. The summed E-state index contributed by atoms with van der Waals surface area (Å²) in [7, 11) is 2.00. The number of fused-ring (bicyclic) bond motifs is 1. The van der Waals surface area contributed by atoms with Gasteiger partial charge in [-0.1, -0.05) is 30.3 Å². The molecule has 4 heteroatoms. The van der Waals surface area contributed by atoms with Gasteiger partial charge in [0.15, 0.2) is 5.17 Å². The second-order valence-electron chi connectivity index (χ2n) is 3.99. The van der Waals surface area contributed by atoms with E-state index in [0.29, 0.717) is 0 Å². The predicted molar refractivity (Wildman–Crippen MR) is 77.4 cm³/mol. The van der Waals surface area contributed by atoms with Crippen molar-refractivity contribution < 1.29 is 0 Å². The fourth-order valence-electron chi connectivity index (χ4n) is 1.82. The van der Waals surface area contributed by atoms with Crippen LogP contribution in [0.4, 0.5) is 11.4 Å². The van der Waals surface area contributed by atoms with Gasteiger partial charge in [-0.3, -0.25) is 10.4 Å². The molecule has 1 aliphatic heterocycles. The minimum Gasteiger partial charge on any atom is -0.288 e. The van der Waals surface area contributed by atoms with Gasteiger partial charge >= 0.3 is 0 Å². The lowest BCUT2D eigenvalue weighted by molar-refractivity contribution is 0.869. The Balaban J connectivity index is 1.93. The molecule has 3 rings (SSSR count). The minimum absolute atomic E-state index is 0.891. The number of hydrogen-bond acceptors (Lipinski definition) is 3. The first-order chi connectivity index (χ1) is 8.83. The molecule has 0 bridgehead atoms. The molecule has 0 aromatic heterocycles. The number of nitrogens with one attached hydrogen (secondary N) is 1. The van der Waals surface area contributed by atoms with Crippen molar-refractivity contribution in [2.45, 2.75) is 4.90 Å². The van der Waals surface area contributed by atoms with Crippen molar-refractivity contribution in [3.8, 4) is 0 Å².